The summed E-state index contributed by atoms with van der Waals surface area (Å²) in [6, 6.07) is 0.191. The first-order valence-corrected chi connectivity index (χ1v) is 7.76. The predicted octanol–water partition coefficient (Wildman–Crippen LogP) is 2.78. The summed E-state index contributed by atoms with van der Waals surface area (Å²) in [6.45, 7) is 4.09. The van der Waals surface area contributed by atoms with Crippen LogP contribution in [0.4, 0.5) is 0 Å². The molecule has 1 unspecified atom stereocenters. The van der Waals surface area contributed by atoms with Gasteiger partial charge < -0.3 is 5.32 Å². The second-order valence-corrected chi connectivity index (χ2v) is 5.55. The van der Waals surface area contributed by atoms with E-state index in [-0.39, 0.29) is 11.9 Å². The number of halogens is 1. The molecule has 1 aromatic rings. The summed E-state index contributed by atoms with van der Waals surface area (Å²) < 4.78 is 3.85. The number of amides is 1. The summed E-state index contributed by atoms with van der Waals surface area (Å²) in [5.41, 5.74) is 0.822. The number of carbonyl (C=O) groups is 1. The molecule has 1 aromatic heterocycles. The zero-order chi connectivity index (χ0) is 12.7. The highest BCUT2D eigenvalue weighted by atomic mass is 79.9. The molecule has 0 radical (unpaired) electrons. The highest BCUT2D eigenvalue weighted by Crippen LogP contribution is 2.13. The predicted molar refractivity (Wildman–Crippen MR) is 73.9 cm³/mol. The largest absolute Gasteiger partial charge is 0.349 e. The third kappa shape index (κ3) is 4.71. The summed E-state index contributed by atoms with van der Waals surface area (Å²) in [5, 5.41) is 7.95. The molecule has 4 nitrogen and oxygen atoms in total. The van der Waals surface area contributed by atoms with Crippen LogP contribution in [0.2, 0.25) is 0 Å². The zero-order valence-electron chi connectivity index (χ0n) is 10.2. The molecule has 0 fully saturated rings. The summed E-state index contributed by atoms with van der Waals surface area (Å²) in [7, 11) is 0. The fourth-order valence-electron chi connectivity index (χ4n) is 1.53. The van der Waals surface area contributed by atoms with Crippen LogP contribution in [0.5, 0.6) is 0 Å². The van der Waals surface area contributed by atoms with E-state index in [1.165, 1.54) is 11.5 Å². The molecule has 1 amide bonds. The maximum Gasteiger partial charge on any atom is 0.265 e. The number of aromatic nitrogens is 2. The number of nitrogens with zero attached hydrogens (tertiary/aromatic N) is 2. The lowest BCUT2D eigenvalue weighted by atomic mass is 10.2. The van der Waals surface area contributed by atoms with E-state index in [0.29, 0.717) is 4.88 Å². The van der Waals surface area contributed by atoms with Gasteiger partial charge in [-0.05, 0) is 37.7 Å². The van der Waals surface area contributed by atoms with Gasteiger partial charge in [0.05, 0.1) is 5.69 Å². The number of rotatable bonds is 7. The van der Waals surface area contributed by atoms with Gasteiger partial charge in [-0.3, -0.25) is 4.79 Å². The first kappa shape index (κ1) is 14.6. The van der Waals surface area contributed by atoms with E-state index < -0.39 is 0 Å². The Kier molecular flexibility index (Phi) is 6.65. The van der Waals surface area contributed by atoms with Crippen molar-refractivity contribution >= 4 is 33.4 Å². The standard InChI is InChI=1S/C11H18BrN3OS/c1-3-5-9-10(17-15-14-9)11(16)13-8(2)6-4-7-12/h8H,3-7H2,1-2H3,(H,13,16). The van der Waals surface area contributed by atoms with Gasteiger partial charge in [0.2, 0.25) is 0 Å². The fourth-order valence-corrected chi connectivity index (χ4v) is 2.46. The molecule has 1 heterocycles. The van der Waals surface area contributed by atoms with Crippen LogP contribution in [0.25, 0.3) is 0 Å². The van der Waals surface area contributed by atoms with E-state index in [1.807, 2.05) is 6.92 Å². The molecule has 0 aliphatic carbocycles. The highest BCUT2D eigenvalue weighted by Gasteiger charge is 2.17. The lowest BCUT2D eigenvalue weighted by molar-refractivity contribution is 0.0941. The third-order valence-corrected chi connectivity index (χ3v) is 3.72. The minimum absolute atomic E-state index is 0.0366. The molecule has 1 atom stereocenters. The van der Waals surface area contributed by atoms with Gasteiger partial charge in [-0.25, -0.2) is 0 Å². The Balaban J connectivity index is 2.53. The fraction of sp³-hybridized carbons (Fsp3) is 0.727. The van der Waals surface area contributed by atoms with Crippen molar-refractivity contribution in [2.45, 2.75) is 45.6 Å². The van der Waals surface area contributed by atoms with Crippen LogP contribution < -0.4 is 5.32 Å². The Labute approximate surface area is 114 Å². The number of carbonyl (C=O) groups excluding carboxylic acids is 1. The van der Waals surface area contributed by atoms with Crippen LogP contribution in [-0.4, -0.2) is 26.9 Å². The molecule has 96 valence electrons. The first-order chi connectivity index (χ1) is 8.19. The normalized spacial score (nSPS) is 12.4. The van der Waals surface area contributed by atoms with Gasteiger partial charge in [0.15, 0.2) is 0 Å². The second-order valence-electron chi connectivity index (χ2n) is 4.00. The van der Waals surface area contributed by atoms with Crippen molar-refractivity contribution in [1.82, 2.24) is 14.9 Å². The lowest BCUT2D eigenvalue weighted by Crippen LogP contribution is -2.32. The van der Waals surface area contributed by atoms with Crippen molar-refractivity contribution < 1.29 is 4.79 Å². The SMILES string of the molecule is CCCc1nnsc1C(=O)NC(C)CCCBr. The molecule has 6 heteroatoms. The minimum Gasteiger partial charge on any atom is -0.349 e. The van der Waals surface area contributed by atoms with E-state index in [0.717, 1.165) is 36.7 Å². The van der Waals surface area contributed by atoms with Gasteiger partial charge in [0, 0.05) is 11.4 Å². The first-order valence-electron chi connectivity index (χ1n) is 5.87. The number of hydrogen-bond acceptors (Lipinski definition) is 4. The van der Waals surface area contributed by atoms with Gasteiger partial charge >= 0.3 is 0 Å². The van der Waals surface area contributed by atoms with E-state index in [9.17, 15) is 4.79 Å². The van der Waals surface area contributed by atoms with Crippen molar-refractivity contribution in [3.05, 3.63) is 10.6 Å². The van der Waals surface area contributed by atoms with Crippen molar-refractivity contribution in [3.8, 4) is 0 Å². The topological polar surface area (TPSA) is 54.9 Å². The number of hydrogen-bond donors (Lipinski definition) is 1. The summed E-state index contributed by atoms with van der Waals surface area (Å²) in [5.74, 6) is -0.0366. The summed E-state index contributed by atoms with van der Waals surface area (Å²) >= 11 is 4.57. The van der Waals surface area contributed by atoms with Crippen LogP contribution in [0.3, 0.4) is 0 Å². The molecule has 0 saturated carbocycles. The summed E-state index contributed by atoms with van der Waals surface area (Å²) in [4.78, 5) is 12.6. The molecule has 17 heavy (non-hydrogen) atoms. The number of nitrogens with one attached hydrogen (secondary N) is 1. The van der Waals surface area contributed by atoms with Gasteiger partial charge in [-0.2, -0.15) is 0 Å². The van der Waals surface area contributed by atoms with Crippen molar-refractivity contribution in [3.63, 3.8) is 0 Å². The molecule has 0 aromatic carbocycles. The molecule has 0 saturated heterocycles. The molecule has 0 aliphatic rings. The van der Waals surface area contributed by atoms with Gasteiger partial charge in [-0.15, -0.1) is 5.10 Å². The zero-order valence-corrected chi connectivity index (χ0v) is 12.6. The van der Waals surface area contributed by atoms with Crippen LogP contribution in [0.1, 0.15) is 48.5 Å². The quantitative estimate of drug-likeness (QED) is 0.786. The highest BCUT2D eigenvalue weighted by molar-refractivity contribution is 9.09. The van der Waals surface area contributed by atoms with Gasteiger partial charge in [-0.1, -0.05) is 33.8 Å². The van der Waals surface area contributed by atoms with Gasteiger partial charge in [0.25, 0.3) is 5.91 Å². The number of aryl methyl sites for hydroxylation is 1. The van der Waals surface area contributed by atoms with Crippen LogP contribution in [-0.2, 0) is 6.42 Å². The van der Waals surface area contributed by atoms with Crippen molar-refractivity contribution in [1.29, 1.82) is 0 Å². The molecular formula is C11H18BrN3OS. The van der Waals surface area contributed by atoms with E-state index in [4.69, 9.17) is 0 Å². The Morgan fingerprint density at radius 2 is 2.35 bits per heavy atom. The van der Waals surface area contributed by atoms with Crippen LogP contribution in [0, 0.1) is 0 Å². The maximum atomic E-state index is 12.0. The van der Waals surface area contributed by atoms with Crippen LogP contribution >= 0.6 is 27.5 Å². The third-order valence-electron chi connectivity index (χ3n) is 2.40. The van der Waals surface area contributed by atoms with E-state index in [2.05, 4.69) is 37.8 Å². The van der Waals surface area contributed by atoms with E-state index >= 15 is 0 Å². The minimum atomic E-state index is -0.0366. The monoisotopic (exact) mass is 319 g/mol. The van der Waals surface area contributed by atoms with E-state index in [1.54, 1.807) is 0 Å². The van der Waals surface area contributed by atoms with Gasteiger partial charge in [0.1, 0.15) is 4.88 Å². The average Bonchev–Trinajstić information content (AvgIpc) is 2.75. The van der Waals surface area contributed by atoms with Crippen molar-refractivity contribution in [2.75, 3.05) is 5.33 Å². The second kappa shape index (κ2) is 7.76. The summed E-state index contributed by atoms with van der Waals surface area (Å²) in [6.07, 6.45) is 3.83. The van der Waals surface area contributed by atoms with Crippen molar-refractivity contribution in [2.24, 2.45) is 0 Å². The molecule has 0 bridgehead atoms. The van der Waals surface area contributed by atoms with Crippen LogP contribution in [0.15, 0.2) is 0 Å². The molecule has 1 N–H and O–H groups in total. The molecule has 0 aliphatic heterocycles. The molecule has 1 rings (SSSR count). The molecule has 0 spiro atoms. The average molecular weight is 320 g/mol. The molecular weight excluding hydrogens is 302 g/mol. The smallest absolute Gasteiger partial charge is 0.265 e. The lowest BCUT2D eigenvalue weighted by Gasteiger charge is -2.12. The Morgan fingerprint density at radius 3 is 3.00 bits per heavy atom. The Hall–Kier alpha value is -0.490. The Bertz CT molecular complexity index is 356. The number of alkyl halides is 1. The Morgan fingerprint density at radius 1 is 1.59 bits per heavy atom. The maximum absolute atomic E-state index is 12.0.